The molecule has 6 aliphatic rings. The average molecular weight is 1100 g/mol. The summed E-state index contributed by atoms with van der Waals surface area (Å²) in [4.78, 5) is 21.4. The van der Waals surface area contributed by atoms with Crippen molar-refractivity contribution in [2.75, 3.05) is 14.2 Å². The lowest BCUT2D eigenvalue weighted by molar-refractivity contribution is -0.374. The van der Waals surface area contributed by atoms with Crippen LogP contribution < -0.4 is 0 Å². The van der Waals surface area contributed by atoms with Crippen LogP contribution in [0.5, 0.6) is 0 Å². The number of hydrogen-bond donors (Lipinski definition) is 3. The van der Waals surface area contributed by atoms with E-state index in [2.05, 4.69) is 9.47 Å². The van der Waals surface area contributed by atoms with Gasteiger partial charge in [0.1, 0.15) is 0 Å². The highest BCUT2D eigenvalue weighted by Crippen LogP contribution is 2.60. The number of halogens is 18. The third-order valence-electron chi connectivity index (χ3n) is 17.1. The minimum Gasteiger partial charge on any atom is -0.469 e. The Bertz CT molecular complexity index is 1650. The normalized spacial score (nSPS) is 29.7. The fourth-order valence-electron chi connectivity index (χ4n) is 11.7. The van der Waals surface area contributed by atoms with Crippen molar-refractivity contribution >= 4 is 11.9 Å². The minimum absolute atomic E-state index is 0.0556. The number of carbonyl (C=O) groups is 2. The van der Waals surface area contributed by atoms with Gasteiger partial charge in [-0.1, -0.05) is 47.5 Å². The Morgan fingerprint density at radius 1 is 0.493 bits per heavy atom. The first-order chi connectivity index (χ1) is 32.7. The van der Waals surface area contributed by atoms with Gasteiger partial charge in [0.25, 0.3) is 16.8 Å². The van der Waals surface area contributed by atoms with Crippen LogP contribution in [0.4, 0.5) is 79.0 Å². The Balaban J connectivity index is 0.000000326. The Morgan fingerprint density at radius 2 is 0.836 bits per heavy atom. The first-order valence-electron chi connectivity index (χ1n) is 24.5. The summed E-state index contributed by atoms with van der Waals surface area (Å²) in [6.07, 6.45) is -29.8. The van der Waals surface area contributed by atoms with Crippen LogP contribution in [0.25, 0.3) is 0 Å². The second-order valence-electron chi connectivity index (χ2n) is 22.0. The topological polar surface area (TPSA) is 113 Å². The van der Waals surface area contributed by atoms with Gasteiger partial charge in [-0.3, -0.25) is 9.59 Å². The number of carbonyl (C=O) groups excluding carboxylic acids is 2. The van der Waals surface area contributed by atoms with Gasteiger partial charge in [-0.15, -0.1) is 0 Å². The van der Waals surface area contributed by atoms with Crippen molar-refractivity contribution in [3.05, 3.63) is 0 Å². The van der Waals surface area contributed by atoms with E-state index in [1.807, 2.05) is 48.5 Å². The molecule has 3 N–H and O–H groups in total. The quantitative estimate of drug-likeness (QED) is 0.148. The zero-order valence-electron chi connectivity index (χ0n) is 42.3. The Hall–Kier alpha value is -2.44. The molecule has 6 saturated carbocycles. The van der Waals surface area contributed by atoms with Crippen LogP contribution in [0.2, 0.25) is 0 Å². The summed E-state index contributed by atoms with van der Waals surface area (Å²) in [6.45, 7) is 13.4. The maximum atomic E-state index is 12.7. The van der Waals surface area contributed by atoms with E-state index in [0.29, 0.717) is 57.3 Å². The molecular weight excluding hydrogens is 1030 g/mol. The summed E-state index contributed by atoms with van der Waals surface area (Å²) in [6, 6.07) is 0. The van der Waals surface area contributed by atoms with Crippen LogP contribution in [0, 0.1) is 76.4 Å². The summed E-state index contributed by atoms with van der Waals surface area (Å²) >= 11 is 0. The predicted molar refractivity (Wildman–Crippen MR) is 228 cm³/mol. The summed E-state index contributed by atoms with van der Waals surface area (Å²) in [5.74, 6) is -1.46. The van der Waals surface area contributed by atoms with Gasteiger partial charge in [0.15, 0.2) is 0 Å². The summed E-state index contributed by atoms with van der Waals surface area (Å²) < 4.78 is 236. The summed E-state index contributed by atoms with van der Waals surface area (Å²) in [7, 11) is 2.83. The van der Waals surface area contributed by atoms with Gasteiger partial charge in [-0.25, -0.2) is 0 Å². The van der Waals surface area contributed by atoms with Crippen molar-refractivity contribution < 1.29 is 113 Å². The van der Waals surface area contributed by atoms with Crippen molar-refractivity contribution in [1.82, 2.24) is 0 Å². The van der Waals surface area contributed by atoms with E-state index < -0.39 is 90.9 Å². The number of fused-ring (bicyclic) bond motifs is 6. The third-order valence-corrected chi connectivity index (χ3v) is 17.1. The number of rotatable bonds is 10. The molecule has 12 unspecified atom stereocenters. The largest absolute Gasteiger partial charge is 0.469 e. The third kappa shape index (κ3) is 15.4. The maximum absolute atomic E-state index is 12.7. The zero-order chi connectivity index (χ0) is 57.1. The molecule has 0 amide bonds. The molecule has 0 saturated heterocycles. The molecule has 0 aromatic heterocycles. The zero-order valence-corrected chi connectivity index (χ0v) is 42.3. The second kappa shape index (κ2) is 24.1. The molecule has 6 bridgehead atoms. The number of hydrogen-bond acceptors (Lipinski definition) is 7. The van der Waals surface area contributed by atoms with Gasteiger partial charge in [0.2, 0.25) is 0 Å². The Kier molecular flexibility index (Phi) is 22.0. The lowest BCUT2D eigenvalue weighted by Crippen LogP contribution is -2.58. The van der Waals surface area contributed by atoms with Crippen molar-refractivity contribution in [3.63, 3.8) is 0 Å². The van der Waals surface area contributed by atoms with Gasteiger partial charge in [-0.2, -0.15) is 79.0 Å². The fourth-order valence-corrected chi connectivity index (χ4v) is 11.7. The molecule has 6 fully saturated rings. The molecule has 432 valence electrons. The SMILES string of the molecule is CC1C2CC(CC(O)(C(F)(F)F)C(F)(F)F)C(C2)C1C.CCC(C)(C)C(=O)OC.CCC(C)C(=O)OC.OC(CC1CC2CCC1C2)(C(F)(F)F)C(F)(F)F.OC(CC1CC2CCC1C2)(C(F)(F)F)C(F)(F)F. The lowest BCUT2D eigenvalue weighted by Gasteiger charge is -2.39. The van der Waals surface area contributed by atoms with E-state index >= 15 is 0 Å². The Labute approximate surface area is 414 Å². The standard InChI is InChI=1S/C13H18F6O.2C11H14F6O.C7H14O2.C6H12O2/c1-6-7(2)10-4-8(6)3-9(10)5-11(20,12(14,15)16)13(17,18)19;2*12-10(13,14)9(18,11(15,16)17)5-8-4-6-1-2-7(8)3-6;1-5-7(2,3)6(8)9-4;1-4-5(2)6(7)8-3/h6-10,20H,3-5H2,1-2H3;2*6-8,18H,1-5H2;5H2,1-4H3;5H,4H2,1-3H3. The molecule has 73 heavy (non-hydrogen) atoms. The molecule has 0 aromatic carbocycles. The van der Waals surface area contributed by atoms with E-state index in [1.165, 1.54) is 14.2 Å². The van der Waals surface area contributed by atoms with Gasteiger partial charge >= 0.3 is 49.0 Å². The molecule has 0 aromatic rings. The number of ether oxygens (including phenoxy) is 2. The van der Waals surface area contributed by atoms with Crippen molar-refractivity contribution in [2.24, 2.45) is 76.4 Å². The van der Waals surface area contributed by atoms with Crippen molar-refractivity contribution in [1.29, 1.82) is 0 Å². The minimum atomic E-state index is -5.69. The van der Waals surface area contributed by atoms with E-state index in [9.17, 15) is 93.7 Å². The number of methoxy groups -OCH3 is 2. The van der Waals surface area contributed by atoms with Crippen LogP contribution in [0.15, 0.2) is 0 Å². The summed E-state index contributed by atoms with van der Waals surface area (Å²) in [5.41, 5.74) is -14.0. The van der Waals surface area contributed by atoms with E-state index in [-0.39, 0.29) is 64.7 Å². The van der Waals surface area contributed by atoms with Crippen LogP contribution in [0.1, 0.15) is 145 Å². The van der Waals surface area contributed by atoms with Gasteiger partial charge < -0.3 is 24.8 Å². The molecule has 0 spiro atoms. The molecule has 0 aliphatic heterocycles. The molecule has 7 nitrogen and oxygen atoms in total. The first-order valence-corrected chi connectivity index (χ1v) is 24.5. The van der Waals surface area contributed by atoms with Crippen molar-refractivity contribution in [2.45, 2.75) is 199 Å². The fraction of sp³-hybridized carbons (Fsp3) is 0.958. The monoisotopic (exact) mass is 1100 g/mol. The highest BCUT2D eigenvalue weighted by atomic mass is 19.4. The average Bonchev–Trinajstić information content (AvgIpc) is 4.14. The highest BCUT2D eigenvalue weighted by molar-refractivity contribution is 5.75. The molecule has 0 radical (unpaired) electrons. The summed E-state index contributed by atoms with van der Waals surface area (Å²) in [5, 5.41) is 27.5. The first kappa shape index (κ1) is 66.7. The number of aliphatic hydroxyl groups is 3. The van der Waals surface area contributed by atoms with Crippen LogP contribution >= 0.6 is 0 Å². The predicted octanol–water partition coefficient (Wildman–Crippen LogP) is 14.3. The van der Waals surface area contributed by atoms with E-state index in [1.54, 1.807) is 0 Å². The van der Waals surface area contributed by atoms with E-state index in [0.717, 1.165) is 25.7 Å². The molecular formula is C48H72F18O7. The van der Waals surface area contributed by atoms with Gasteiger partial charge in [0.05, 0.1) is 25.6 Å². The van der Waals surface area contributed by atoms with Crippen LogP contribution in [0.3, 0.4) is 0 Å². The smallest absolute Gasteiger partial charge is 0.426 e. The number of alkyl halides is 18. The molecule has 0 heterocycles. The maximum Gasteiger partial charge on any atom is 0.426 e. The van der Waals surface area contributed by atoms with Crippen LogP contribution in [-0.4, -0.2) is 95.3 Å². The molecule has 12 atom stereocenters. The highest BCUT2D eigenvalue weighted by Gasteiger charge is 2.73. The van der Waals surface area contributed by atoms with E-state index in [4.69, 9.17) is 10.2 Å². The Morgan fingerprint density at radius 3 is 1.03 bits per heavy atom. The second-order valence-corrected chi connectivity index (χ2v) is 22.0. The lowest BCUT2D eigenvalue weighted by atomic mass is 9.72. The molecule has 25 heteroatoms. The van der Waals surface area contributed by atoms with Gasteiger partial charge in [-0.05, 0) is 162 Å². The van der Waals surface area contributed by atoms with Crippen LogP contribution in [-0.2, 0) is 19.1 Å². The molecule has 6 rings (SSSR count). The van der Waals surface area contributed by atoms with Crippen molar-refractivity contribution in [3.8, 4) is 0 Å². The number of esters is 2. The molecule has 6 aliphatic carbocycles. The van der Waals surface area contributed by atoms with Gasteiger partial charge in [0, 0.05) is 0 Å².